The van der Waals surface area contributed by atoms with Gasteiger partial charge in [-0.2, -0.15) is 0 Å². The van der Waals surface area contributed by atoms with Gasteiger partial charge in [0.2, 0.25) is 11.8 Å². The van der Waals surface area contributed by atoms with E-state index in [-0.39, 0.29) is 30.5 Å². The van der Waals surface area contributed by atoms with Crippen molar-refractivity contribution in [1.82, 2.24) is 14.7 Å². The number of anilines is 1. The van der Waals surface area contributed by atoms with Gasteiger partial charge in [-0.3, -0.25) is 9.59 Å². The molecule has 0 spiro atoms. The van der Waals surface area contributed by atoms with Crippen molar-refractivity contribution in [3.05, 3.63) is 66.1 Å². The van der Waals surface area contributed by atoms with E-state index in [0.717, 1.165) is 23.5 Å². The van der Waals surface area contributed by atoms with Crippen molar-refractivity contribution >= 4 is 23.1 Å². The number of halogens is 2. The first-order valence-corrected chi connectivity index (χ1v) is 8.97. The molecule has 6 nitrogen and oxygen atoms in total. The summed E-state index contributed by atoms with van der Waals surface area (Å²) in [6.45, 7) is 0.458. The monoisotopic (exact) mass is 384 g/mol. The second-order valence-corrected chi connectivity index (χ2v) is 6.74. The van der Waals surface area contributed by atoms with Crippen molar-refractivity contribution in [2.24, 2.45) is 5.92 Å². The average Bonchev–Trinajstić information content (AvgIpc) is 3.25. The van der Waals surface area contributed by atoms with Crippen molar-refractivity contribution in [3.63, 3.8) is 0 Å². The van der Waals surface area contributed by atoms with Gasteiger partial charge in [0.05, 0.1) is 17.3 Å². The van der Waals surface area contributed by atoms with Crippen LogP contribution in [0, 0.1) is 17.6 Å². The summed E-state index contributed by atoms with van der Waals surface area (Å²) >= 11 is 0. The van der Waals surface area contributed by atoms with Crippen LogP contribution in [0.25, 0.3) is 5.65 Å². The molecule has 1 N–H and O–H groups in total. The summed E-state index contributed by atoms with van der Waals surface area (Å²) in [6.07, 6.45) is 4.36. The molecule has 1 fully saturated rings. The summed E-state index contributed by atoms with van der Waals surface area (Å²) < 4.78 is 28.9. The van der Waals surface area contributed by atoms with Crippen molar-refractivity contribution in [1.29, 1.82) is 0 Å². The summed E-state index contributed by atoms with van der Waals surface area (Å²) in [5.74, 6) is -2.72. The molecule has 1 aromatic carbocycles. The quantitative estimate of drug-likeness (QED) is 0.734. The van der Waals surface area contributed by atoms with Crippen LogP contribution in [0.4, 0.5) is 14.5 Å². The molecule has 1 aliphatic rings. The van der Waals surface area contributed by atoms with Crippen molar-refractivity contribution in [2.75, 3.05) is 18.0 Å². The van der Waals surface area contributed by atoms with Gasteiger partial charge < -0.3 is 14.6 Å². The van der Waals surface area contributed by atoms with Crippen LogP contribution < -0.4 is 10.2 Å². The third-order valence-corrected chi connectivity index (χ3v) is 4.79. The molecular formula is C20H18F2N4O2. The summed E-state index contributed by atoms with van der Waals surface area (Å²) in [7, 11) is 0. The van der Waals surface area contributed by atoms with Crippen LogP contribution >= 0.6 is 0 Å². The fourth-order valence-corrected chi connectivity index (χ4v) is 3.38. The summed E-state index contributed by atoms with van der Waals surface area (Å²) in [4.78, 5) is 30.3. The Balaban J connectivity index is 1.34. The maximum absolute atomic E-state index is 13.9. The van der Waals surface area contributed by atoms with E-state index in [1.54, 1.807) is 0 Å². The van der Waals surface area contributed by atoms with Crippen LogP contribution in [0.15, 0.2) is 48.8 Å². The number of nitrogens with one attached hydrogen (secondary N) is 1. The molecule has 1 unspecified atom stereocenters. The van der Waals surface area contributed by atoms with Gasteiger partial charge in [0.15, 0.2) is 0 Å². The standard InChI is InChI=1S/C20H18F2N4O2/c21-14-4-5-17(16(22)10-14)26-11-13(9-19(26)27)20(28)23-7-6-15-12-25-8-2-1-3-18(25)24-15/h1-5,8,10,12-13H,6-7,9,11H2,(H,23,28). The van der Waals surface area contributed by atoms with Gasteiger partial charge in [0.25, 0.3) is 0 Å². The third-order valence-electron chi connectivity index (χ3n) is 4.79. The lowest BCUT2D eigenvalue weighted by atomic mass is 10.1. The van der Waals surface area contributed by atoms with Gasteiger partial charge in [-0.15, -0.1) is 0 Å². The summed E-state index contributed by atoms with van der Waals surface area (Å²) in [5.41, 5.74) is 1.68. The van der Waals surface area contributed by atoms with Crippen molar-refractivity contribution < 1.29 is 18.4 Å². The molecule has 144 valence electrons. The lowest BCUT2D eigenvalue weighted by Crippen LogP contribution is -2.34. The zero-order chi connectivity index (χ0) is 19.7. The number of nitrogens with zero attached hydrogens (tertiary/aromatic N) is 3. The number of aromatic nitrogens is 2. The van der Waals surface area contributed by atoms with Crippen LogP contribution in [-0.4, -0.2) is 34.3 Å². The Morgan fingerprint density at radius 1 is 1.25 bits per heavy atom. The van der Waals surface area contributed by atoms with Crippen LogP contribution in [0.5, 0.6) is 0 Å². The summed E-state index contributed by atoms with van der Waals surface area (Å²) in [6, 6.07) is 8.74. The van der Waals surface area contributed by atoms with Gasteiger partial charge in [-0.05, 0) is 24.3 Å². The Hall–Kier alpha value is -3.29. The molecular weight excluding hydrogens is 366 g/mol. The third kappa shape index (κ3) is 3.58. The number of carbonyl (C=O) groups excluding carboxylic acids is 2. The van der Waals surface area contributed by atoms with Gasteiger partial charge in [-0.25, -0.2) is 13.8 Å². The topological polar surface area (TPSA) is 66.7 Å². The second kappa shape index (κ2) is 7.38. The molecule has 1 aliphatic heterocycles. The molecule has 3 heterocycles. The fourth-order valence-electron chi connectivity index (χ4n) is 3.38. The van der Waals surface area contributed by atoms with Gasteiger partial charge >= 0.3 is 0 Å². The van der Waals surface area contributed by atoms with E-state index in [0.29, 0.717) is 13.0 Å². The number of carbonyl (C=O) groups is 2. The lowest BCUT2D eigenvalue weighted by Gasteiger charge is -2.17. The van der Waals surface area contributed by atoms with Crippen LogP contribution in [0.2, 0.25) is 0 Å². The van der Waals surface area contributed by atoms with Gasteiger partial charge in [0.1, 0.15) is 17.3 Å². The predicted octanol–water partition coefficient (Wildman–Crippen LogP) is 2.32. The second-order valence-electron chi connectivity index (χ2n) is 6.74. The van der Waals surface area contributed by atoms with Gasteiger partial charge in [-0.1, -0.05) is 6.07 Å². The Kier molecular flexibility index (Phi) is 4.77. The highest BCUT2D eigenvalue weighted by Gasteiger charge is 2.36. The molecule has 1 atom stereocenters. The maximum atomic E-state index is 13.9. The molecule has 3 aromatic rings. The summed E-state index contributed by atoms with van der Waals surface area (Å²) in [5, 5.41) is 2.81. The molecule has 4 rings (SSSR count). The van der Waals surface area contributed by atoms with Gasteiger partial charge in [0, 0.05) is 44.4 Å². The van der Waals surface area contributed by atoms with Crippen LogP contribution in [0.1, 0.15) is 12.1 Å². The molecule has 1 saturated heterocycles. The van der Waals surface area contributed by atoms with E-state index in [1.807, 2.05) is 35.0 Å². The molecule has 28 heavy (non-hydrogen) atoms. The minimum absolute atomic E-state index is 0.00296. The Bertz CT molecular complexity index is 1020. The molecule has 2 amide bonds. The Morgan fingerprint density at radius 3 is 2.89 bits per heavy atom. The van der Waals surface area contributed by atoms with E-state index in [9.17, 15) is 18.4 Å². The smallest absolute Gasteiger partial charge is 0.227 e. The van der Waals surface area contributed by atoms with E-state index < -0.39 is 17.6 Å². The fraction of sp³-hybridized carbons (Fsp3) is 0.250. The highest BCUT2D eigenvalue weighted by molar-refractivity contribution is 6.00. The van der Waals surface area contributed by atoms with Crippen molar-refractivity contribution in [2.45, 2.75) is 12.8 Å². The van der Waals surface area contributed by atoms with E-state index in [2.05, 4.69) is 10.3 Å². The average molecular weight is 384 g/mol. The maximum Gasteiger partial charge on any atom is 0.227 e. The highest BCUT2D eigenvalue weighted by Crippen LogP contribution is 2.28. The number of fused-ring (bicyclic) bond motifs is 1. The molecule has 0 saturated carbocycles. The molecule has 2 aromatic heterocycles. The number of amides is 2. The lowest BCUT2D eigenvalue weighted by molar-refractivity contribution is -0.126. The number of hydrogen-bond acceptors (Lipinski definition) is 3. The van der Waals surface area contributed by atoms with Crippen molar-refractivity contribution in [3.8, 4) is 0 Å². The highest BCUT2D eigenvalue weighted by atomic mass is 19.1. The zero-order valence-electron chi connectivity index (χ0n) is 14.9. The number of hydrogen-bond donors (Lipinski definition) is 1. The number of rotatable bonds is 5. The minimum Gasteiger partial charge on any atom is -0.355 e. The first-order chi connectivity index (χ1) is 13.5. The predicted molar refractivity (Wildman–Crippen MR) is 98.7 cm³/mol. The molecule has 0 radical (unpaired) electrons. The largest absolute Gasteiger partial charge is 0.355 e. The Morgan fingerprint density at radius 2 is 2.11 bits per heavy atom. The van der Waals surface area contributed by atoms with Crippen LogP contribution in [0.3, 0.4) is 0 Å². The van der Waals surface area contributed by atoms with E-state index in [1.165, 1.54) is 11.0 Å². The first-order valence-electron chi connectivity index (χ1n) is 8.97. The van der Waals surface area contributed by atoms with E-state index in [4.69, 9.17) is 0 Å². The molecule has 8 heteroatoms. The van der Waals surface area contributed by atoms with E-state index >= 15 is 0 Å². The van der Waals surface area contributed by atoms with Crippen LogP contribution in [-0.2, 0) is 16.0 Å². The number of imidazole rings is 1. The normalized spacial score (nSPS) is 16.7. The number of pyridine rings is 1. The number of benzene rings is 1. The first kappa shape index (κ1) is 18.1. The minimum atomic E-state index is -0.818. The SMILES string of the molecule is O=C(NCCc1cn2ccccc2n1)C1CC(=O)N(c2ccc(F)cc2F)C1. The zero-order valence-corrected chi connectivity index (χ0v) is 14.9. The Labute approximate surface area is 159 Å². The molecule has 0 bridgehead atoms. The molecule has 0 aliphatic carbocycles.